The Bertz CT molecular complexity index is 433. The van der Waals surface area contributed by atoms with Crippen LogP contribution in [0.4, 0.5) is 10.1 Å². The normalized spacial score (nSPS) is 20.4. The quantitative estimate of drug-likeness (QED) is 0.800. The standard InChI is InChI=1S/C13H16FNO2/c1-9(16)10-4-5-13(12(14)7-10)15-6-2-3-11(17)8-15/h4-5,7,11,17H,2-3,6,8H2,1H3. The summed E-state index contributed by atoms with van der Waals surface area (Å²) in [5.74, 6) is -0.541. The molecule has 0 radical (unpaired) electrons. The number of piperidine rings is 1. The van der Waals surface area contributed by atoms with Crippen molar-refractivity contribution in [3.05, 3.63) is 29.6 Å². The highest BCUT2D eigenvalue weighted by atomic mass is 19.1. The summed E-state index contributed by atoms with van der Waals surface area (Å²) in [5, 5.41) is 9.56. The number of anilines is 1. The Balaban J connectivity index is 2.23. The first kappa shape index (κ1) is 12.0. The second-order valence-electron chi connectivity index (χ2n) is 4.46. The third-order valence-electron chi connectivity index (χ3n) is 3.09. The van der Waals surface area contributed by atoms with Gasteiger partial charge in [0.2, 0.25) is 0 Å². The number of aliphatic hydroxyl groups is 1. The molecule has 92 valence electrons. The van der Waals surface area contributed by atoms with E-state index in [1.54, 1.807) is 12.1 Å². The van der Waals surface area contributed by atoms with Gasteiger partial charge in [-0.15, -0.1) is 0 Å². The summed E-state index contributed by atoms with van der Waals surface area (Å²) in [5.41, 5.74) is 0.845. The molecule has 3 nitrogen and oxygen atoms in total. The molecule has 1 atom stereocenters. The largest absolute Gasteiger partial charge is 0.391 e. The van der Waals surface area contributed by atoms with E-state index in [0.717, 1.165) is 19.4 Å². The fourth-order valence-corrected chi connectivity index (χ4v) is 2.16. The van der Waals surface area contributed by atoms with Gasteiger partial charge in [-0.2, -0.15) is 0 Å². The van der Waals surface area contributed by atoms with E-state index in [0.29, 0.717) is 17.8 Å². The van der Waals surface area contributed by atoms with Crippen LogP contribution < -0.4 is 4.90 Å². The number of hydrogen-bond acceptors (Lipinski definition) is 3. The number of nitrogens with zero attached hydrogens (tertiary/aromatic N) is 1. The molecule has 1 aromatic rings. The van der Waals surface area contributed by atoms with Crippen molar-refractivity contribution in [2.75, 3.05) is 18.0 Å². The topological polar surface area (TPSA) is 40.5 Å². The van der Waals surface area contributed by atoms with E-state index >= 15 is 0 Å². The van der Waals surface area contributed by atoms with Gasteiger partial charge in [0.25, 0.3) is 0 Å². The highest BCUT2D eigenvalue weighted by Crippen LogP contribution is 2.24. The van der Waals surface area contributed by atoms with E-state index in [1.807, 2.05) is 4.90 Å². The fraction of sp³-hybridized carbons (Fsp3) is 0.462. The summed E-state index contributed by atoms with van der Waals surface area (Å²) < 4.78 is 13.8. The van der Waals surface area contributed by atoms with Crippen molar-refractivity contribution < 1.29 is 14.3 Å². The van der Waals surface area contributed by atoms with Gasteiger partial charge in [-0.1, -0.05) is 0 Å². The van der Waals surface area contributed by atoms with Crippen LogP contribution in [0.15, 0.2) is 18.2 Å². The number of aliphatic hydroxyl groups excluding tert-OH is 1. The van der Waals surface area contributed by atoms with Crippen LogP contribution in [-0.2, 0) is 0 Å². The molecule has 17 heavy (non-hydrogen) atoms. The van der Waals surface area contributed by atoms with Gasteiger partial charge < -0.3 is 10.0 Å². The minimum Gasteiger partial charge on any atom is -0.391 e. The summed E-state index contributed by atoms with van der Waals surface area (Å²) in [6.45, 7) is 2.61. The molecule has 0 saturated carbocycles. The van der Waals surface area contributed by atoms with Crippen LogP contribution in [0.2, 0.25) is 0 Å². The van der Waals surface area contributed by atoms with Gasteiger partial charge in [0.05, 0.1) is 11.8 Å². The highest BCUT2D eigenvalue weighted by molar-refractivity contribution is 5.94. The lowest BCUT2D eigenvalue weighted by Gasteiger charge is -2.32. The lowest BCUT2D eigenvalue weighted by molar-refractivity contribution is 0.101. The average molecular weight is 237 g/mol. The number of Topliss-reactive ketones (excluding diaryl/α,β-unsaturated/α-hetero) is 1. The van der Waals surface area contributed by atoms with E-state index in [9.17, 15) is 14.3 Å². The Hall–Kier alpha value is -1.42. The maximum Gasteiger partial charge on any atom is 0.159 e. The predicted molar refractivity (Wildman–Crippen MR) is 63.9 cm³/mol. The van der Waals surface area contributed by atoms with Gasteiger partial charge >= 0.3 is 0 Å². The Morgan fingerprint density at radius 1 is 1.53 bits per heavy atom. The van der Waals surface area contributed by atoms with Crippen LogP contribution in [0, 0.1) is 5.82 Å². The Morgan fingerprint density at radius 2 is 2.29 bits per heavy atom. The zero-order valence-corrected chi connectivity index (χ0v) is 9.82. The molecular formula is C13H16FNO2. The first-order valence-corrected chi connectivity index (χ1v) is 5.81. The smallest absolute Gasteiger partial charge is 0.159 e. The van der Waals surface area contributed by atoms with Gasteiger partial charge in [0, 0.05) is 18.7 Å². The summed E-state index contributed by atoms with van der Waals surface area (Å²) >= 11 is 0. The Morgan fingerprint density at radius 3 is 2.88 bits per heavy atom. The van der Waals surface area contributed by atoms with Gasteiger partial charge in [0.1, 0.15) is 5.82 Å². The number of carbonyl (C=O) groups excluding carboxylic acids is 1. The third kappa shape index (κ3) is 2.64. The van der Waals surface area contributed by atoms with Crippen molar-refractivity contribution >= 4 is 11.5 Å². The Labute approximate surface area is 99.9 Å². The molecule has 0 aromatic heterocycles. The highest BCUT2D eigenvalue weighted by Gasteiger charge is 2.20. The molecule has 1 saturated heterocycles. The molecule has 1 aliphatic rings. The van der Waals surface area contributed by atoms with E-state index in [2.05, 4.69) is 0 Å². The molecule has 1 aromatic carbocycles. The predicted octanol–water partition coefficient (Wildman–Crippen LogP) is 1.99. The van der Waals surface area contributed by atoms with Crippen molar-refractivity contribution in [2.45, 2.75) is 25.9 Å². The van der Waals surface area contributed by atoms with Crippen molar-refractivity contribution in [3.8, 4) is 0 Å². The maximum atomic E-state index is 13.8. The number of β-amino-alcohol motifs (C(OH)–C–C–N with tert-alkyl or cyclic N) is 1. The van der Waals surface area contributed by atoms with E-state index in [4.69, 9.17) is 0 Å². The monoisotopic (exact) mass is 237 g/mol. The van der Waals surface area contributed by atoms with E-state index in [1.165, 1.54) is 13.0 Å². The average Bonchev–Trinajstić information content (AvgIpc) is 2.28. The van der Waals surface area contributed by atoms with Gasteiger partial charge in [0.15, 0.2) is 5.78 Å². The zero-order valence-electron chi connectivity index (χ0n) is 9.82. The number of carbonyl (C=O) groups is 1. The molecule has 0 spiro atoms. The molecule has 1 heterocycles. The first-order chi connectivity index (χ1) is 8.08. The zero-order chi connectivity index (χ0) is 12.4. The van der Waals surface area contributed by atoms with Crippen LogP contribution in [0.25, 0.3) is 0 Å². The number of hydrogen-bond donors (Lipinski definition) is 1. The number of ketones is 1. The molecule has 0 aliphatic carbocycles. The van der Waals surface area contributed by atoms with Gasteiger partial charge in [-0.3, -0.25) is 4.79 Å². The van der Waals surface area contributed by atoms with Crippen molar-refractivity contribution in [1.29, 1.82) is 0 Å². The molecule has 0 bridgehead atoms. The van der Waals surface area contributed by atoms with Crippen LogP contribution in [0.3, 0.4) is 0 Å². The second kappa shape index (κ2) is 4.84. The van der Waals surface area contributed by atoms with Gasteiger partial charge in [-0.05, 0) is 38.0 Å². The summed E-state index contributed by atoms with van der Waals surface area (Å²) in [6, 6.07) is 4.50. The van der Waals surface area contributed by atoms with Crippen LogP contribution >= 0.6 is 0 Å². The van der Waals surface area contributed by atoms with Crippen molar-refractivity contribution in [3.63, 3.8) is 0 Å². The lowest BCUT2D eigenvalue weighted by Crippen LogP contribution is -2.38. The molecule has 1 aliphatic heterocycles. The van der Waals surface area contributed by atoms with E-state index in [-0.39, 0.29) is 5.78 Å². The molecular weight excluding hydrogens is 221 g/mol. The summed E-state index contributed by atoms with van der Waals surface area (Å²) in [6.07, 6.45) is 1.23. The summed E-state index contributed by atoms with van der Waals surface area (Å²) in [4.78, 5) is 12.9. The summed E-state index contributed by atoms with van der Waals surface area (Å²) in [7, 11) is 0. The molecule has 1 unspecified atom stereocenters. The Kier molecular flexibility index (Phi) is 3.43. The molecule has 0 amide bonds. The van der Waals surface area contributed by atoms with Crippen LogP contribution in [-0.4, -0.2) is 30.1 Å². The number of benzene rings is 1. The van der Waals surface area contributed by atoms with Gasteiger partial charge in [-0.25, -0.2) is 4.39 Å². The molecule has 1 N–H and O–H groups in total. The molecule has 1 fully saturated rings. The van der Waals surface area contributed by atoms with Crippen LogP contribution in [0.1, 0.15) is 30.1 Å². The second-order valence-corrected chi connectivity index (χ2v) is 4.46. The first-order valence-electron chi connectivity index (χ1n) is 5.81. The molecule has 4 heteroatoms. The minimum absolute atomic E-state index is 0.144. The van der Waals surface area contributed by atoms with Crippen molar-refractivity contribution in [1.82, 2.24) is 0 Å². The molecule has 2 rings (SSSR count). The minimum atomic E-state index is -0.396. The number of rotatable bonds is 2. The lowest BCUT2D eigenvalue weighted by atomic mass is 10.1. The van der Waals surface area contributed by atoms with Crippen molar-refractivity contribution in [2.24, 2.45) is 0 Å². The third-order valence-corrected chi connectivity index (χ3v) is 3.09. The van der Waals surface area contributed by atoms with E-state index < -0.39 is 11.9 Å². The maximum absolute atomic E-state index is 13.8. The fourth-order valence-electron chi connectivity index (χ4n) is 2.16. The number of halogens is 1. The SMILES string of the molecule is CC(=O)c1ccc(N2CCCC(O)C2)c(F)c1. The van der Waals surface area contributed by atoms with Crippen LogP contribution in [0.5, 0.6) is 0 Å².